The van der Waals surface area contributed by atoms with Crippen LogP contribution in [0.2, 0.25) is 0 Å². The summed E-state index contributed by atoms with van der Waals surface area (Å²) in [7, 11) is 0. The summed E-state index contributed by atoms with van der Waals surface area (Å²) in [6.07, 6.45) is 21.8. The van der Waals surface area contributed by atoms with Crippen molar-refractivity contribution in [3.8, 4) is 0 Å². The lowest BCUT2D eigenvalue weighted by molar-refractivity contribution is -0.158. The van der Waals surface area contributed by atoms with Gasteiger partial charge < -0.3 is 4.74 Å². The number of ether oxygens (including phenoxy) is 1. The van der Waals surface area contributed by atoms with Gasteiger partial charge in [-0.25, -0.2) is 0 Å². The number of fused-ring (bicyclic) bond motifs is 5. The normalized spacial score (nSPS) is 44.0. The third-order valence-electron chi connectivity index (χ3n) is 12.3. The number of rotatable bonds is 11. The molecule has 0 bridgehead atoms. The third-order valence-corrected chi connectivity index (χ3v) is 15.9. The minimum Gasteiger partial charge on any atom is -0.462 e. The van der Waals surface area contributed by atoms with E-state index in [1.165, 1.54) is 83.5 Å². The quantitative estimate of drug-likeness (QED) is 0.127. The van der Waals surface area contributed by atoms with Gasteiger partial charge in [0.2, 0.25) is 0 Å². The van der Waals surface area contributed by atoms with E-state index >= 15 is 0 Å². The molecule has 0 radical (unpaired) electrons. The highest BCUT2D eigenvalue weighted by Gasteiger charge is 2.66. The van der Waals surface area contributed by atoms with Crippen LogP contribution in [0, 0.1) is 40.4 Å². The molecule has 4 aliphatic rings. The predicted molar refractivity (Wildman–Crippen MR) is 163 cm³/mol. The number of halogens is 2. The van der Waals surface area contributed by atoms with Crippen molar-refractivity contribution in [2.45, 2.75) is 159 Å². The van der Waals surface area contributed by atoms with Gasteiger partial charge in [0.05, 0.1) is 0 Å². The summed E-state index contributed by atoms with van der Waals surface area (Å²) in [6, 6.07) is 0. The zero-order valence-electron chi connectivity index (χ0n) is 24.6. The van der Waals surface area contributed by atoms with Crippen LogP contribution in [0.25, 0.3) is 0 Å². The van der Waals surface area contributed by atoms with Crippen molar-refractivity contribution in [3.05, 3.63) is 0 Å². The van der Waals surface area contributed by atoms with Crippen LogP contribution < -0.4 is 0 Å². The van der Waals surface area contributed by atoms with E-state index in [1.54, 1.807) is 0 Å². The Labute approximate surface area is 245 Å². The second kappa shape index (κ2) is 12.5. The molecule has 0 aliphatic heterocycles. The van der Waals surface area contributed by atoms with Gasteiger partial charge in [-0.2, -0.15) is 0 Å². The maximum atomic E-state index is 12.6. The molecule has 0 spiro atoms. The smallest absolute Gasteiger partial charge is 0.306 e. The highest BCUT2D eigenvalue weighted by atomic mass is 79.9. The van der Waals surface area contributed by atoms with E-state index in [-0.39, 0.29) is 21.8 Å². The fraction of sp³-hybridized carbons (Fsp3) is 0.970. The Balaban J connectivity index is 1.40. The second-order valence-electron chi connectivity index (χ2n) is 14.3. The molecular formula is C33H56Br2O2. The minimum absolute atomic E-state index is 0.00894. The van der Waals surface area contributed by atoms with Crippen molar-refractivity contribution >= 4 is 37.8 Å². The van der Waals surface area contributed by atoms with Gasteiger partial charge >= 0.3 is 5.97 Å². The van der Waals surface area contributed by atoms with E-state index in [2.05, 4.69) is 66.5 Å². The molecule has 0 N–H and O–H groups in total. The molecule has 0 heterocycles. The van der Waals surface area contributed by atoms with Crippen molar-refractivity contribution in [1.82, 2.24) is 0 Å². The van der Waals surface area contributed by atoms with E-state index in [4.69, 9.17) is 4.74 Å². The summed E-state index contributed by atoms with van der Waals surface area (Å²) in [5, 5.41) is 0. The molecule has 214 valence electrons. The van der Waals surface area contributed by atoms with Crippen molar-refractivity contribution < 1.29 is 9.53 Å². The van der Waals surface area contributed by atoms with Crippen LogP contribution in [-0.2, 0) is 9.53 Å². The van der Waals surface area contributed by atoms with Crippen LogP contribution in [0.3, 0.4) is 0 Å². The average Bonchev–Trinajstić information content (AvgIpc) is 3.19. The lowest BCUT2D eigenvalue weighted by Crippen LogP contribution is -2.64. The Morgan fingerprint density at radius 2 is 1.70 bits per heavy atom. The molecule has 4 heteroatoms. The molecular weight excluding hydrogens is 588 g/mol. The number of hydrogen-bond donors (Lipinski definition) is 0. The van der Waals surface area contributed by atoms with Gasteiger partial charge in [0, 0.05) is 22.0 Å². The summed E-state index contributed by atoms with van der Waals surface area (Å²) in [4.78, 5) is 13.1. The van der Waals surface area contributed by atoms with Gasteiger partial charge in [0.15, 0.2) is 0 Å². The molecule has 2 nitrogen and oxygen atoms in total. The monoisotopic (exact) mass is 642 g/mol. The van der Waals surface area contributed by atoms with Gasteiger partial charge in [0.1, 0.15) is 6.10 Å². The molecule has 10 atom stereocenters. The number of carbonyl (C=O) groups excluding carboxylic acids is 1. The minimum atomic E-state index is 0.00894. The van der Waals surface area contributed by atoms with Crippen LogP contribution in [0.1, 0.15) is 144 Å². The molecule has 4 fully saturated rings. The number of alkyl halides is 2. The van der Waals surface area contributed by atoms with Crippen LogP contribution in [-0.4, -0.2) is 21.2 Å². The number of hydrogen-bond acceptors (Lipinski definition) is 2. The zero-order valence-corrected chi connectivity index (χ0v) is 27.8. The van der Waals surface area contributed by atoms with E-state index in [0.717, 1.165) is 42.9 Å². The number of unbranched alkanes of at least 4 members (excludes halogenated alkanes) is 5. The summed E-state index contributed by atoms with van der Waals surface area (Å²) < 4.78 is 6.10. The summed E-state index contributed by atoms with van der Waals surface area (Å²) in [6.45, 7) is 11.9. The van der Waals surface area contributed by atoms with E-state index in [0.29, 0.717) is 22.6 Å². The molecule has 0 saturated heterocycles. The Bertz CT molecular complexity index is 771. The molecule has 0 aromatic rings. The molecule has 4 saturated carbocycles. The molecule has 0 unspecified atom stereocenters. The highest BCUT2D eigenvalue weighted by molar-refractivity contribution is 9.12. The third kappa shape index (κ3) is 5.92. The van der Waals surface area contributed by atoms with Crippen LogP contribution in [0.4, 0.5) is 0 Å². The summed E-state index contributed by atoms with van der Waals surface area (Å²) >= 11 is 8.61. The average molecular weight is 645 g/mol. The molecule has 4 rings (SSSR count). The van der Waals surface area contributed by atoms with Gasteiger partial charge in [-0.15, -0.1) is 0 Å². The highest BCUT2D eigenvalue weighted by Crippen LogP contribution is 2.71. The topological polar surface area (TPSA) is 26.3 Å². The van der Waals surface area contributed by atoms with E-state index in [9.17, 15) is 4.79 Å². The summed E-state index contributed by atoms with van der Waals surface area (Å²) in [5.41, 5.74) is 0.824. The lowest BCUT2D eigenvalue weighted by Gasteiger charge is -2.65. The first kappa shape index (κ1) is 30.4. The Hall–Kier alpha value is 0.430. The van der Waals surface area contributed by atoms with Gasteiger partial charge in [-0.1, -0.05) is 111 Å². The van der Waals surface area contributed by atoms with Gasteiger partial charge in [0.25, 0.3) is 0 Å². The van der Waals surface area contributed by atoms with Crippen molar-refractivity contribution in [3.63, 3.8) is 0 Å². The first-order valence-corrected chi connectivity index (χ1v) is 17.8. The van der Waals surface area contributed by atoms with E-state index in [1.807, 2.05) is 0 Å². The first-order chi connectivity index (χ1) is 17.6. The Morgan fingerprint density at radius 3 is 2.43 bits per heavy atom. The van der Waals surface area contributed by atoms with Gasteiger partial charge in [-0.3, -0.25) is 4.79 Å². The number of esters is 1. The standard InChI is InChI=1S/C33H56Br2O2/c1-6-8-9-10-11-12-13-24-14-15-27-26-21-29(34)33(35)22-25(37-30(36)20-23(3)7-2)16-19-32(33,5)28(26)17-18-31(24,27)4/h23-29H,6-22H2,1-5H3/t23-,24+,25+,26+,27+,28+,29-,31-,32-,33+/m1/s1. The Kier molecular flexibility index (Phi) is 10.3. The molecule has 0 aromatic heterocycles. The predicted octanol–water partition coefficient (Wildman–Crippen LogP) is 10.6. The maximum Gasteiger partial charge on any atom is 0.306 e. The maximum absolute atomic E-state index is 12.6. The van der Waals surface area contributed by atoms with Crippen LogP contribution in [0.15, 0.2) is 0 Å². The number of carbonyl (C=O) groups is 1. The fourth-order valence-electron chi connectivity index (χ4n) is 9.66. The van der Waals surface area contributed by atoms with Crippen LogP contribution in [0.5, 0.6) is 0 Å². The van der Waals surface area contributed by atoms with Crippen LogP contribution >= 0.6 is 31.9 Å². The van der Waals surface area contributed by atoms with Crippen molar-refractivity contribution in [2.75, 3.05) is 0 Å². The fourth-order valence-corrected chi connectivity index (χ4v) is 11.8. The molecule has 0 aromatic carbocycles. The summed E-state index contributed by atoms with van der Waals surface area (Å²) in [5.74, 6) is 3.90. The lowest BCUT2D eigenvalue weighted by atomic mass is 9.44. The molecule has 0 amide bonds. The second-order valence-corrected chi connectivity index (χ2v) is 16.8. The Morgan fingerprint density at radius 1 is 0.973 bits per heavy atom. The SMILES string of the molecule is CCCCCCCC[C@H]1CC[C@H]2[C@@H]3C[C@@H](Br)[C@@]4(Br)C[C@@H](OC(=O)C[C@H](C)CC)CC[C@]4(C)[C@H]3CC[C@]12C. The van der Waals surface area contributed by atoms with Gasteiger partial charge in [-0.05, 0) is 91.8 Å². The first-order valence-electron chi connectivity index (χ1n) is 16.1. The molecule has 4 aliphatic carbocycles. The largest absolute Gasteiger partial charge is 0.462 e. The van der Waals surface area contributed by atoms with Crippen molar-refractivity contribution in [1.29, 1.82) is 0 Å². The van der Waals surface area contributed by atoms with E-state index < -0.39 is 0 Å². The molecule has 37 heavy (non-hydrogen) atoms. The zero-order chi connectivity index (χ0) is 26.8. The van der Waals surface area contributed by atoms with Crippen molar-refractivity contribution in [2.24, 2.45) is 40.4 Å².